The number of benzene rings is 1. The lowest BCUT2D eigenvalue weighted by Crippen LogP contribution is -2.37. The zero-order valence-electron chi connectivity index (χ0n) is 15.1. The number of para-hydroxylation sites is 1. The van der Waals surface area contributed by atoms with E-state index in [1.807, 2.05) is 0 Å². The van der Waals surface area contributed by atoms with E-state index in [0.29, 0.717) is 18.9 Å². The van der Waals surface area contributed by atoms with Crippen LogP contribution in [0.15, 0.2) is 48.7 Å². The molecule has 3 amide bonds. The van der Waals surface area contributed by atoms with Crippen LogP contribution in [0.1, 0.15) is 10.4 Å². The molecule has 1 aromatic carbocycles. The standard InChI is InChI=1S/C19H20N4O5/c24-17(22-19(26)21-15-4-2-1-3-5-15)13-28-18(25)14-6-7-16(20-12-14)23-8-10-27-11-9-23/h1-7,12H,8-11,13H2,(H2,21,22,24,26). The first-order valence-corrected chi connectivity index (χ1v) is 8.73. The third-order valence-corrected chi connectivity index (χ3v) is 3.94. The van der Waals surface area contributed by atoms with Crippen LogP contribution in [0, 0.1) is 0 Å². The predicted octanol–water partition coefficient (Wildman–Crippen LogP) is 1.42. The Balaban J connectivity index is 1.44. The van der Waals surface area contributed by atoms with E-state index in [1.165, 1.54) is 6.20 Å². The smallest absolute Gasteiger partial charge is 0.340 e. The van der Waals surface area contributed by atoms with Crippen LogP contribution in [0.5, 0.6) is 0 Å². The number of amides is 3. The molecular formula is C19H20N4O5. The van der Waals surface area contributed by atoms with Crippen LogP contribution in [0.2, 0.25) is 0 Å². The molecule has 9 nitrogen and oxygen atoms in total. The van der Waals surface area contributed by atoms with Gasteiger partial charge in [0, 0.05) is 25.0 Å². The van der Waals surface area contributed by atoms with Crippen molar-refractivity contribution in [2.45, 2.75) is 0 Å². The van der Waals surface area contributed by atoms with Crippen molar-refractivity contribution < 1.29 is 23.9 Å². The van der Waals surface area contributed by atoms with Gasteiger partial charge in [0.1, 0.15) is 5.82 Å². The third-order valence-electron chi connectivity index (χ3n) is 3.94. The number of nitrogens with zero attached hydrogens (tertiary/aromatic N) is 2. The lowest BCUT2D eigenvalue weighted by atomic mass is 10.2. The van der Waals surface area contributed by atoms with Crippen molar-refractivity contribution in [3.8, 4) is 0 Å². The summed E-state index contributed by atoms with van der Waals surface area (Å²) in [6, 6.07) is 11.2. The summed E-state index contributed by atoms with van der Waals surface area (Å²) in [7, 11) is 0. The molecule has 0 aliphatic carbocycles. The van der Waals surface area contributed by atoms with E-state index in [9.17, 15) is 14.4 Å². The topological polar surface area (TPSA) is 110 Å². The summed E-state index contributed by atoms with van der Waals surface area (Å²) in [4.78, 5) is 41.8. The van der Waals surface area contributed by atoms with Crippen molar-refractivity contribution in [2.75, 3.05) is 43.1 Å². The average molecular weight is 384 g/mol. The summed E-state index contributed by atoms with van der Waals surface area (Å²) >= 11 is 0. The number of esters is 1. The number of pyridine rings is 1. The zero-order chi connectivity index (χ0) is 19.8. The van der Waals surface area contributed by atoms with Crippen molar-refractivity contribution in [2.24, 2.45) is 0 Å². The van der Waals surface area contributed by atoms with Crippen molar-refractivity contribution >= 4 is 29.4 Å². The molecule has 2 N–H and O–H groups in total. The highest BCUT2D eigenvalue weighted by Gasteiger charge is 2.15. The Labute approximate surface area is 161 Å². The van der Waals surface area contributed by atoms with E-state index in [0.717, 1.165) is 18.9 Å². The highest BCUT2D eigenvalue weighted by Crippen LogP contribution is 2.13. The highest BCUT2D eigenvalue weighted by atomic mass is 16.5. The zero-order valence-corrected chi connectivity index (χ0v) is 15.1. The van der Waals surface area contributed by atoms with E-state index in [-0.39, 0.29) is 5.56 Å². The van der Waals surface area contributed by atoms with E-state index in [2.05, 4.69) is 20.5 Å². The second kappa shape index (κ2) is 9.47. The SMILES string of the molecule is O=C(COC(=O)c1ccc(N2CCOCC2)nc1)NC(=O)Nc1ccccc1. The van der Waals surface area contributed by atoms with Gasteiger partial charge in [-0.3, -0.25) is 10.1 Å². The van der Waals surface area contributed by atoms with Gasteiger partial charge in [0.25, 0.3) is 5.91 Å². The maximum atomic E-state index is 12.0. The molecular weight excluding hydrogens is 364 g/mol. The fourth-order valence-electron chi connectivity index (χ4n) is 2.55. The van der Waals surface area contributed by atoms with Crippen molar-refractivity contribution in [1.29, 1.82) is 0 Å². The minimum Gasteiger partial charge on any atom is -0.452 e. The number of rotatable bonds is 5. The Morgan fingerprint density at radius 3 is 2.50 bits per heavy atom. The maximum absolute atomic E-state index is 12.0. The van der Waals surface area contributed by atoms with Gasteiger partial charge < -0.3 is 19.7 Å². The monoisotopic (exact) mass is 384 g/mol. The number of morpholine rings is 1. The molecule has 1 aliphatic heterocycles. The molecule has 146 valence electrons. The van der Waals surface area contributed by atoms with Gasteiger partial charge >= 0.3 is 12.0 Å². The van der Waals surface area contributed by atoms with E-state index < -0.39 is 24.5 Å². The van der Waals surface area contributed by atoms with Crippen LogP contribution in [0.4, 0.5) is 16.3 Å². The summed E-state index contributed by atoms with van der Waals surface area (Å²) in [5.41, 5.74) is 0.759. The van der Waals surface area contributed by atoms with Gasteiger partial charge in [-0.1, -0.05) is 18.2 Å². The normalized spacial score (nSPS) is 13.5. The third kappa shape index (κ3) is 5.52. The second-order valence-electron chi connectivity index (χ2n) is 5.95. The Morgan fingerprint density at radius 1 is 1.07 bits per heavy atom. The van der Waals surface area contributed by atoms with Crippen molar-refractivity contribution in [3.63, 3.8) is 0 Å². The van der Waals surface area contributed by atoms with Gasteiger partial charge in [-0.05, 0) is 24.3 Å². The molecule has 0 bridgehead atoms. The first-order chi connectivity index (χ1) is 13.6. The molecule has 1 aliphatic rings. The molecule has 28 heavy (non-hydrogen) atoms. The number of carbonyl (C=O) groups is 3. The van der Waals surface area contributed by atoms with Gasteiger partial charge in [-0.25, -0.2) is 14.6 Å². The summed E-state index contributed by atoms with van der Waals surface area (Å²) in [5, 5.41) is 4.58. The number of hydrogen-bond acceptors (Lipinski definition) is 7. The fraction of sp³-hybridized carbons (Fsp3) is 0.263. The molecule has 3 rings (SSSR count). The van der Waals surface area contributed by atoms with Gasteiger partial charge in [-0.15, -0.1) is 0 Å². The van der Waals surface area contributed by atoms with Crippen LogP contribution in [-0.4, -0.2) is 55.8 Å². The van der Waals surface area contributed by atoms with Gasteiger partial charge in [-0.2, -0.15) is 0 Å². The van der Waals surface area contributed by atoms with E-state index in [1.54, 1.807) is 42.5 Å². The number of carbonyl (C=O) groups excluding carboxylic acids is 3. The Morgan fingerprint density at radius 2 is 1.82 bits per heavy atom. The number of anilines is 2. The Bertz CT molecular complexity index is 820. The summed E-state index contributed by atoms with van der Waals surface area (Å²) < 4.78 is 10.2. The van der Waals surface area contributed by atoms with Gasteiger partial charge in [0.15, 0.2) is 6.61 Å². The lowest BCUT2D eigenvalue weighted by Gasteiger charge is -2.27. The van der Waals surface area contributed by atoms with Crippen LogP contribution >= 0.6 is 0 Å². The predicted molar refractivity (Wildman–Crippen MR) is 101 cm³/mol. The number of nitrogens with one attached hydrogen (secondary N) is 2. The number of aromatic nitrogens is 1. The van der Waals surface area contributed by atoms with Gasteiger partial charge in [0.05, 0.1) is 18.8 Å². The molecule has 0 spiro atoms. The minimum absolute atomic E-state index is 0.221. The van der Waals surface area contributed by atoms with E-state index >= 15 is 0 Å². The molecule has 1 saturated heterocycles. The number of urea groups is 1. The van der Waals surface area contributed by atoms with Crippen LogP contribution in [-0.2, 0) is 14.3 Å². The summed E-state index contributed by atoms with van der Waals surface area (Å²) in [6.45, 7) is 2.17. The van der Waals surface area contributed by atoms with Crippen LogP contribution < -0.4 is 15.5 Å². The van der Waals surface area contributed by atoms with E-state index in [4.69, 9.17) is 9.47 Å². The van der Waals surface area contributed by atoms with Crippen LogP contribution in [0.25, 0.3) is 0 Å². The Hall–Kier alpha value is -3.46. The quantitative estimate of drug-likeness (QED) is 0.750. The minimum atomic E-state index is -0.736. The fourth-order valence-corrected chi connectivity index (χ4v) is 2.55. The second-order valence-corrected chi connectivity index (χ2v) is 5.95. The van der Waals surface area contributed by atoms with Crippen LogP contribution in [0.3, 0.4) is 0 Å². The molecule has 0 radical (unpaired) electrons. The molecule has 9 heteroatoms. The number of hydrogen-bond donors (Lipinski definition) is 2. The lowest BCUT2D eigenvalue weighted by molar-refractivity contribution is -0.123. The summed E-state index contributed by atoms with van der Waals surface area (Å²) in [6.07, 6.45) is 1.40. The largest absolute Gasteiger partial charge is 0.452 e. The highest BCUT2D eigenvalue weighted by molar-refractivity contribution is 6.02. The summed E-state index contributed by atoms with van der Waals surface area (Å²) in [5.74, 6) is -0.686. The number of ether oxygens (including phenoxy) is 2. The van der Waals surface area contributed by atoms with Crippen molar-refractivity contribution in [3.05, 3.63) is 54.2 Å². The van der Waals surface area contributed by atoms with Gasteiger partial charge in [0.2, 0.25) is 0 Å². The molecule has 1 aromatic heterocycles. The first-order valence-electron chi connectivity index (χ1n) is 8.73. The number of imide groups is 1. The first kappa shape index (κ1) is 19.3. The molecule has 0 unspecified atom stereocenters. The molecule has 0 atom stereocenters. The molecule has 1 fully saturated rings. The Kier molecular flexibility index (Phi) is 6.53. The molecule has 2 aromatic rings. The molecule has 0 saturated carbocycles. The maximum Gasteiger partial charge on any atom is 0.340 e. The molecule has 2 heterocycles. The average Bonchev–Trinajstić information content (AvgIpc) is 2.73. The van der Waals surface area contributed by atoms with Crippen molar-refractivity contribution in [1.82, 2.24) is 10.3 Å².